The number of benzene rings is 2. The number of nitrogens with two attached hydrogens (primary N) is 1. The molecule has 0 saturated heterocycles. The number of H-pyrrole nitrogens is 1. The van der Waals surface area contributed by atoms with Crippen molar-refractivity contribution < 1.29 is 0 Å². The van der Waals surface area contributed by atoms with Crippen molar-refractivity contribution in [2.45, 2.75) is 19.4 Å². The Bertz CT molecular complexity index is 1010. The molecule has 2 aromatic carbocycles. The van der Waals surface area contributed by atoms with Crippen molar-refractivity contribution in [3.63, 3.8) is 0 Å². The summed E-state index contributed by atoms with van der Waals surface area (Å²) in [4.78, 5) is 4.56. The van der Waals surface area contributed by atoms with Gasteiger partial charge < -0.3 is 5.73 Å². The van der Waals surface area contributed by atoms with Crippen LogP contribution in [0.2, 0.25) is 0 Å². The van der Waals surface area contributed by atoms with E-state index in [9.17, 15) is 0 Å². The minimum Gasteiger partial charge on any atom is -0.322 e. The Hall–Kier alpha value is -2.98. The third-order valence-electron chi connectivity index (χ3n) is 4.49. The van der Waals surface area contributed by atoms with Gasteiger partial charge in [-0.2, -0.15) is 5.10 Å². The summed E-state index contributed by atoms with van der Waals surface area (Å²) < 4.78 is 0. The molecule has 0 aliphatic rings. The molecule has 0 atom stereocenters. The summed E-state index contributed by atoms with van der Waals surface area (Å²) in [5, 5.41) is 8.31. The first-order valence-electron chi connectivity index (χ1n) is 8.31. The minimum absolute atomic E-state index is 0.350. The van der Waals surface area contributed by atoms with Gasteiger partial charge >= 0.3 is 0 Å². The first-order valence-corrected chi connectivity index (χ1v) is 8.31. The molecule has 2 aromatic heterocycles. The van der Waals surface area contributed by atoms with Crippen LogP contribution in [0.1, 0.15) is 19.4 Å². The summed E-state index contributed by atoms with van der Waals surface area (Å²) in [5.74, 6) is 0. The molecular formula is C21H20N4. The van der Waals surface area contributed by atoms with E-state index in [1.165, 1.54) is 0 Å². The molecule has 0 spiro atoms. The molecule has 4 heteroatoms. The minimum atomic E-state index is -0.350. The molecule has 3 N–H and O–H groups in total. The maximum absolute atomic E-state index is 6.20. The number of fused-ring (bicyclic) bond motifs is 1. The summed E-state index contributed by atoms with van der Waals surface area (Å²) in [6, 6.07) is 18.6. The second-order valence-electron chi connectivity index (χ2n) is 6.83. The molecule has 124 valence electrons. The summed E-state index contributed by atoms with van der Waals surface area (Å²) in [7, 11) is 0. The number of aromatic nitrogens is 3. The van der Waals surface area contributed by atoms with Crippen LogP contribution in [0.25, 0.3) is 33.3 Å². The Kier molecular flexibility index (Phi) is 3.62. The van der Waals surface area contributed by atoms with E-state index in [4.69, 9.17) is 5.73 Å². The van der Waals surface area contributed by atoms with Crippen molar-refractivity contribution in [3.8, 4) is 22.4 Å². The van der Waals surface area contributed by atoms with Crippen LogP contribution in [0.15, 0.2) is 67.0 Å². The lowest BCUT2D eigenvalue weighted by molar-refractivity contribution is 0.554. The molecule has 0 aliphatic heterocycles. The molecular weight excluding hydrogens is 308 g/mol. The van der Waals surface area contributed by atoms with E-state index in [0.717, 1.165) is 38.9 Å². The van der Waals surface area contributed by atoms with Crippen LogP contribution in [-0.4, -0.2) is 15.2 Å². The third kappa shape index (κ3) is 2.81. The SMILES string of the molecule is CC(C)(N)c1ccc(-c2ccc3[nH]ncc3c2-c2ccccn2)cc1. The average Bonchev–Trinajstić information content (AvgIpc) is 3.09. The summed E-state index contributed by atoms with van der Waals surface area (Å²) in [5.41, 5.74) is 12.3. The van der Waals surface area contributed by atoms with Crippen molar-refractivity contribution in [1.29, 1.82) is 0 Å². The number of hydrogen-bond acceptors (Lipinski definition) is 3. The van der Waals surface area contributed by atoms with Crippen molar-refractivity contribution in [2.75, 3.05) is 0 Å². The standard InChI is InChI=1S/C21H20N4/c1-21(2,22)15-8-6-14(7-9-15)16-10-11-18-17(13-24-25-18)20(16)19-5-3-4-12-23-19/h3-13H,22H2,1-2H3,(H,24,25). The van der Waals surface area contributed by atoms with Gasteiger partial charge in [-0.3, -0.25) is 10.1 Å². The summed E-state index contributed by atoms with van der Waals surface area (Å²) >= 11 is 0. The predicted molar refractivity (Wildman–Crippen MR) is 102 cm³/mol. The van der Waals surface area contributed by atoms with Gasteiger partial charge in [0.05, 0.1) is 17.4 Å². The number of rotatable bonds is 3. The van der Waals surface area contributed by atoms with Crippen LogP contribution >= 0.6 is 0 Å². The topological polar surface area (TPSA) is 67.6 Å². The third-order valence-corrected chi connectivity index (χ3v) is 4.49. The van der Waals surface area contributed by atoms with E-state index in [2.05, 4.69) is 51.6 Å². The van der Waals surface area contributed by atoms with Crippen LogP contribution in [0.3, 0.4) is 0 Å². The van der Waals surface area contributed by atoms with E-state index in [1.807, 2.05) is 44.4 Å². The molecule has 0 radical (unpaired) electrons. The fourth-order valence-electron chi connectivity index (χ4n) is 3.12. The van der Waals surface area contributed by atoms with Crippen molar-refractivity contribution in [3.05, 3.63) is 72.6 Å². The Morgan fingerprint density at radius 1 is 0.960 bits per heavy atom. The fraction of sp³-hybridized carbons (Fsp3) is 0.143. The van der Waals surface area contributed by atoms with Gasteiger partial charge in [0.2, 0.25) is 0 Å². The quantitative estimate of drug-likeness (QED) is 0.582. The highest BCUT2D eigenvalue weighted by molar-refractivity contribution is 6.01. The number of hydrogen-bond donors (Lipinski definition) is 2. The molecule has 0 aliphatic carbocycles. The van der Waals surface area contributed by atoms with Gasteiger partial charge in [0.1, 0.15) is 0 Å². The molecule has 4 nitrogen and oxygen atoms in total. The maximum atomic E-state index is 6.20. The highest BCUT2D eigenvalue weighted by Gasteiger charge is 2.16. The zero-order valence-corrected chi connectivity index (χ0v) is 14.3. The molecule has 0 fully saturated rings. The molecule has 4 rings (SSSR count). The lowest BCUT2D eigenvalue weighted by atomic mass is 9.90. The molecule has 4 aromatic rings. The van der Waals surface area contributed by atoms with Gasteiger partial charge in [0.25, 0.3) is 0 Å². The highest BCUT2D eigenvalue weighted by Crippen LogP contribution is 2.37. The molecule has 0 unspecified atom stereocenters. The van der Waals surface area contributed by atoms with Gasteiger partial charge in [-0.1, -0.05) is 36.4 Å². The molecule has 2 heterocycles. The molecule has 0 bridgehead atoms. The molecule has 25 heavy (non-hydrogen) atoms. The van der Waals surface area contributed by atoms with Crippen LogP contribution in [0, 0.1) is 0 Å². The van der Waals surface area contributed by atoms with E-state index in [1.54, 1.807) is 0 Å². The number of aromatic amines is 1. The van der Waals surface area contributed by atoms with Crippen LogP contribution < -0.4 is 5.73 Å². The Balaban J connectivity index is 1.93. The molecule has 0 saturated carbocycles. The monoisotopic (exact) mass is 328 g/mol. The lowest BCUT2D eigenvalue weighted by Crippen LogP contribution is -2.28. The van der Waals surface area contributed by atoms with Crippen molar-refractivity contribution >= 4 is 10.9 Å². The summed E-state index contributed by atoms with van der Waals surface area (Å²) in [6.45, 7) is 4.03. The Morgan fingerprint density at radius 2 is 1.76 bits per heavy atom. The maximum Gasteiger partial charge on any atom is 0.0715 e. The van der Waals surface area contributed by atoms with Crippen molar-refractivity contribution in [2.24, 2.45) is 5.73 Å². The zero-order chi connectivity index (χ0) is 17.4. The predicted octanol–water partition coefficient (Wildman–Crippen LogP) is 4.49. The van der Waals surface area contributed by atoms with Crippen LogP contribution in [0.4, 0.5) is 0 Å². The zero-order valence-electron chi connectivity index (χ0n) is 14.3. The van der Waals surface area contributed by atoms with Gasteiger partial charge in [-0.25, -0.2) is 0 Å². The van der Waals surface area contributed by atoms with E-state index in [0.29, 0.717) is 0 Å². The Morgan fingerprint density at radius 3 is 2.44 bits per heavy atom. The van der Waals surface area contributed by atoms with E-state index in [-0.39, 0.29) is 5.54 Å². The van der Waals surface area contributed by atoms with E-state index < -0.39 is 0 Å². The van der Waals surface area contributed by atoms with Gasteiger partial charge in [0.15, 0.2) is 0 Å². The van der Waals surface area contributed by atoms with Gasteiger partial charge in [-0.05, 0) is 48.7 Å². The fourth-order valence-corrected chi connectivity index (χ4v) is 3.12. The number of nitrogens with one attached hydrogen (secondary N) is 1. The first-order chi connectivity index (χ1) is 12.0. The van der Waals surface area contributed by atoms with Crippen LogP contribution in [0.5, 0.6) is 0 Å². The normalized spacial score (nSPS) is 11.8. The largest absolute Gasteiger partial charge is 0.322 e. The van der Waals surface area contributed by atoms with Gasteiger partial charge in [-0.15, -0.1) is 0 Å². The summed E-state index contributed by atoms with van der Waals surface area (Å²) in [6.07, 6.45) is 3.68. The average molecular weight is 328 g/mol. The molecule has 0 amide bonds. The van der Waals surface area contributed by atoms with Crippen molar-refractivity contribution in [1.82, 2.24) is 15.2 Å². The van der Waals surface area contributed by atoms with Crippen LogP contribution in [-0.2, 0) is 5.54 Å². The number of nitrogens with zero attached hydrogens (tertiary/aromatic N) is 2. The van der Waals surface area contributed by atoms with Gasteiger partial charge in [0, 0.05) is 22.7 Å². The van der Waals surface area contributed by atoms with E-state index >= 15 is 0 Å². The second-order valence-corrected chi connectivity index (χ2v) is 6.83. The lowest BCUT2D eigenvalue weighted by Gasteiger charge is -2.19. The number of pyridine rings is 1. The Labute approximate surface area is 146 Å². The highest BCUT2D eigenvalue weighted by atomic mass is 15.1. The smallest absolute Gasteiger partial charge is 0.0715 e. The first kappa shape index (κ1) is 15.5. The second kappa shape index (κ2) is 5.83.